The van der Waals surface area contributed by atoms with Crippen molar-refractivity contribution in [1.82, 2.24) is 0 Å². The molecule has 0 amide bonds. The summed E-state index contributed by atoms with van der Waals surface area (Å²) < 4.78 is 18.3. The van der Waals surface area contributed by atoms with E-state index in [1.807, 2.05) is 0 Å². The smallest absolute Gasteiger partial charge is 0.341 e. The van der Waals surface area contributed by atoms with Gasteiger partial charge in [-0.3, -0.25) is 0 Å². The van der Waals surface area contributed by atoms with E-state index >= 15 is 0 Å². The Morgan fingerprint density at radius 3 is 3.00 bits per heavy atom. The molecule has 17 heavy (non-hydrogen) atoms. The van der Waals surface area contributed by atoms with E-state index in [-0.39, 0.29) is 5.56 Å². The zero-order valence-electron chi connectivity index (χ0n) is 9.74. The van der Waals surface area contributed by atoms with Gasteiger partial charge in [-0.2, -0.15) is 11.8 Å². The van der Waals surface area contributed by atoms with Gasteiger partial charge in [0.15, 0.2) is 0 Å². The molecule has 0 spiro atoms. The first-order chi connectivity index (χ1) is 8.15. The van der Waals surface area contributed by atoms with Gasteiger partial charge in [-0.15, -0.1) is 0 Å². The topological polar surface area (TPSA) is 52.3 Å². The zero-order chi connectivity index (χ0) is 12.7. The molecule has 0 atom stereocenters. The fourth-order valence-electron chi connectivity index (χ4n) is 1.25. The number of esters is 1. The summed E-state index contributed by atoms with van der Waals surface area (Å²) in [7, 11) is 0. The highest BCUT2D eigenvalue weighted by Crippen LogP contribution is 2.13. The lowest BCUT2D eigenvalue weighted by molar-refractivity contribution is 0.0501. The molecule has 0 bridgehead atoms. The molecule has 0 aliphatic rings. The minimum absolute atomic E-state index is 0.104. The van der Waals surface area contributed by atoms with Gasteiger partial charge < -0.3 is 10.5 Å². The predicted molar refractivity (Wildman–Crippen MR) is 68.7 cm³/mol. The summed E-state index contributed by atoms with van der Waals surface area (Å²) in [5, 5.41) is 0. The Labute approximate surface area is 105 Å². The quantitative estimate of drug-likeness (QED) is 0.483. The van der Waals surface area contributed by atoms with Crippen LogP contribution in [0.5, 0.6) is 0 Å². The number of hydrogen-bond acceptors (Lipinski definition) is 4. The van der Waals surface area contributed by atoms with Crippen LogP contribution in [0.4, 0.5) is 10.1 Å². The van der Waals surface area contributed by atoms with Crippen molar-refractivity contribution in [1.29, 1.82) is 0 Å². The van der Waals surface area contributed by atoms with E-state index in [0.717, 1.165) is 17.9 Å². The average Bonchev–Trinajstić information content (AvgIpc) is 2.32. The van der Waals surface area contributed by atoms with Crippen LogP contribution in [0.2, 0.25) is 0 Å². The van der Waals surface area contributed by atoms with Gasteiger partial charge in [-0.05, 0) is 36.1 Å². The van der Waals surface area contributed by atoms with E-state index in [0.29, 0.717) is 12.3 Å². The zero-order valence-corrected chi connectivity index (χ0v) is 10.6. The SMILES string of the molecule is CCSCCCOC(=O)c1cc(N)ccc1F. The summed E-state index contributed by atoms with van der Waals surface area (Å²) in [6, 6.07) is 3.86. The Balaban J connectivity index is 2.44. The number of thioether (sulfide) groups is 1. The monoisotopic (exact) mass is 257 g/mol. The van der Waals surface area contributed by atoms with Crippen LogP contribution >= 0.6 is 11.8 Å². The Morgan fingerprint density at radius 1 is 1.53 bits per heavy atom. The number of anilines is 1. The highest BCUT2D eigenvalue weighted by molar-refractivity contribution is 7.99. The first kappa shape index (κ1) is 13.8. The summed E-state index contributed by atoms with van der Waals surface area (Å²) in [6.07, 6.45) is 0.772. The van der Waals surface area contributed by atoms with E-state index < -0.39 is 11.8 Å². The van der Waals surface area contributed by atoms with Crippen LogP contribution in [-0.2, 0) is 4.74 Å². The third-order valence-electron chi connectivity index (χ3n) is 2.08. The molecule has 0 heterocycles. The van der Waals surface area contributed by atoms with Gasteiger partial charge in [0.2, 0.25) is 0 Å². The Bertz CT molecular complexity index is 385. The molecule has 1 aromatic rings. The van der Waals surface area contributed by atoms with Crippen molar-refractivity contribution < 1.29 is 13.9 Å². The average molecular weight is 257 g/mol. The highest BCUT2D eigenvalue weighted by Gasteiger charge is 2.13. The molecule has 0 saturated heterocycles. The van der Waals surface area contributed by atoms with Crippen LogP contribution in [0, 0.1) is 5.82 Å². The molecular weight excluding hydrogens is 241 g/mol. The summed E-state index contributed by atoms with van der Waals surface area (Å²) in [4.78, 5) is 11.5. The van der Waals surface area contributed by atoms with Crippen LogP contribution < -0.4 is 5.73 Å². The molecule has 0 unspecified atom stereocenters. The van der Waals surface area contributed by atoms with Gasteiger partial charge in [0.05, 0.1) is 12.2 Å². The fourth-order valence-corrected chi connectivity index (χ4v) is 1.86. The van der Waals surface area contributed by atoms with Crippen LogP contribution in [0.25, 0.3) is 0 Å². The minimum atomic E-state index is -0.656. The Hall–Kier alpha value is -1.23. The molecule has 5 heteroatoms. The lowest BCUT2D eigenvalue weighted by atomic mass is 10.2. The molecule has 1 aromatic carbocycles. The second-order valence-electron chi connectivity index (χ2n) is 3.43. The first-order valence-corrected chi connectivity index (χ1v) is 6.60. The van der Waals surface area contributed by atoms with Crippen LogP contribution in [0.15, 0.2) is 18.2 Å². The minimum Gasteiger partial charge on any atom is -0.462 e. The third kappa shape index (κ3) is 4.65. The summed E-state index contributed by atoms with van der Waals surface area (Å²) in [6.45, 7) is 2.37. The second kappa shape index (κ2) is 7.17. The van der Waals surface area contributed by atoms with E-state index in [1.165, 1.54) is 18.2 Å². The molecule has 3 nitrogen and oxygen atoms in total. The van der Waals surface area contributed by atoms with Crippen LogP contribution in [0.3, 0.4) is 0 Å². The van der Waals surface area contributed by atoms with Gasteiger partial charge >= 0.3 is 5.97 Å². The number of ether oxygens (including phenoxy) is 1. The van der Waals surface area contributed by atoms with Gasteiger partial charge in [0.25, 0.3) is 0 Å². The summed E-state index contributed by atoms with van der Waals surface area (Å²) in [5.74, 6) is 0.712. The molecular formula is C12H16FNO2S. The number of carbonyl (C=O) groups excluding carboxylic acids is 1. The molecule has 0 aliphatic heterocycles. The van der Waals surface area contributed by atoms with Crippen molar-refractivity contribution in [2.75, 3.05) is 23.8 Å². The van der Waals surface area contributed by atoms with Crippen molar-refractivity contribution in [3.05, 3.63) is 29.6 Å². The first-order valence-electron chi connectivity index (χ1n) is 5.45. The van der Waals surface area contributed by atoms with Crippen molar-refractivity contribution in [3.63, 3.8) is 0 Å². The molecule has 0 aliphatic carbocycles. The van der Waals surface area contributed by atoms with Crippen molar-refractivity contribution in [2.45, 2.75) is 13.3 Å². The maximum absolute atomic E-state index is 13.3. The highest BCUT2D eigenvalue weighted by atomic mass is 32.2. The Kier molecular flexibility index (Phi) is 5.83. The second-order valence-corrected chi connectivity index (χ2v) is 4.82. The normalized spacial score (nSPS) is 10.2. The number of halogens is 1. The summed E-state index contributed by atoms with van der Waals surface area (Å²) in [5.41, 5.74) is 5.73. The molecule has 1 rings (SSSR count). The van der Waals surface area contributed by atoms with E-state index in [1.54, 1.807) is 11.8 Å². The molecule has 2 N–H and O–H groups in total. The molecule has 94 valence electrons. The van der Waals surface area contributed by atoms with Crippen molar-refractivity contribution in [3.8, 4) is 0 Å². The maximum Gasteiger partial charge on any atom is 0.341 e. The molecule has 0 radical (unpaired) electrons. The van der Waals surface area contributed by atoms with Gasteiger partial charge in [0, 0.05) is 5.69 Å². The van der Waals surface area contributed by atoms with Crippen molar-refractivity contribution >= 4 is 23.4 Å². The maximum atomic E-state index is 13.3. The molecule has 0 fully saturated rings. The van der Waals surface area contributed by atoms with Gasteiger partial charge in [-0.1, -0.05) is 6.92 Å². The fraction of sp³-hybridized carbons (Fsp3) is 0.417. The number of nitrogens with two attached hydrogens (primary N) is 1. The number of benzene rings is 1. The van der Waals surface area contributed by atoms with E-state index in [9.17, 15) is 9.18 Å². The van der Waals surface area contributed by atoms with Gasteiger partial charge in [0.1, 0.15) is 5.82 Å². The largest absolute Gasteiger partial charge is 0.462 e. The molecule has 0 aromatic heterocycles. The Morgan fingerprint density at radius 2 is 2.29 bits per heavy atom. The lowest BCUT2D eigenvalue weighted by Crippen LogP contribution is -2.09. The van der Waals surface area contributed by atoms with Crippen LogP contribution in [0.1, 0.15) is 23.7 Å². The van der Waals surface area contributed by atoms with Crippen molar-refractivity contribution in [2.24, 2.45) is 0 Å². The third-order valence-corrected chi connectivity index (χ3v) is 3.07. The number of carbonyl (C=O) groups is 1. The standard InChI is InChI=1S/C12H16FNO2S/c1-2-17-7-3-6-16-12(15)10-8-9(14)4-5-11(10)13/h4-5,8H,2-3,6-7,14H2,1H3. The van der Waals surface area contributed by atoms with E-state index in [2.05, 4.69) is 6.92 Å². The number of rotatable bonds is 6. The number of nitrogen functional groups attached to an aromatic ring is 1. The summed E-state index contributed by atoms with van der Waals surface area (Å²) >= 11 is 1.78. The van der Waals surface area contributed by atoms with E-state index in [4.69, 9.17) is 10.5 Å². The molecule has 0 saturated carbocycles. The number of hydrogen-bond donors (Lipinski definition) is 1. The predicted octanol–water partition coefficient (Wildman–Crippen LogP) is 2.71. The lowest BCUT2D eigenvalue weighted by Gasteiger charge is -2.06. The van der Waals surface area contributed by atoms with Gasteiger partial charge in [-0.25, -0.2) is 9.18 Å². The van der Waals surface area contributed by atoms with Crippen LogP contribution in [-0.4, -0.2) is 24.1 Å².